The van der Waals surface area contributed by atoms with Crippen molar-refractivity contribution in [3.8, 4) is 11.5 Å². The second-order valence-electron chi connectivity index (χ2n) is 6.97. The Hall–Kier alpha value is -3.28. The molecule has 1 aliphatic rings. The minimum Gasteiger partial charge on any atom is -0.454 e. The summed E-state index contributed by atoms with van der Waals surface area (Å²) in [5, 5.41) is 4.34. The van der Waals surface area contributed by atoms with E-state index in [1.807, 2.05) is 73.3 Å². The molecular formula is C22H23N3O3. The van der Waals surface area contributed by atoms with Gasteiger partial charge in [-0.05, 0) is 31.5 Å². The maximum absolute atomic E-state index is 13.5. The molecule has 0 saturated heterocycles. The monoisotopic (exact) mass is 377 g/mol. The number of para-hydroxylation sites is 1. The van der Waals surface area contributed by atoms with E-state index in [9.17, 15) is 4.79 Å². The molecule has 1 atom stereocenters. The number of amides is 1. The Morgan fingerprint density at radius 2 is 1.96 bits per heavy atom. The number of benzene rings is 2. The number of ether oxygens (including phenoxy) is 2. The van der Waals surface area contributed by atoms with Crippen molar-refractivity contribution in [3.05, 3.63) is 77.1 Å². The first-order valence-corrected chi connectivity index (χ1v) is 9.28. The zero-order valence-corrected chi connectivity index (χ0v) is 16.3. The van der Waals surface area contributed by atoms with Crippen LogP contribution in [-0.2, 0) is 13.6 Å². The molecule has 1 aromatic heterocycles. The van der Waals surface area contributed by atoms with E-state index in [2.05, 4.69) is 5.10 Å². The third-order valence-electron chi connectivity index (χ3n) is 5.05. The second-order valence-corrected chi connectivity index (χ2v) is 6.97. The fourth-order valence-corrected chi connectivity index (χ4v) is 3.55. The fraction of sp³-hybridized carbons (Fsp3) is 0.273. The number of hydrogen-bond donors (Lipinski definition) is 0. The summed E-state index contributed by atoms with van der Waals surface area (Å²) in [7, 11) is 1.79. The van der Waals surface area contributed by atoms with E-state index in [1.165, 1.54) is 0 Å². The average molecular weight is 377 g/mol. The lowest BCUT2D eigenvalue weighted by Gasteiger charge is -2.30. The molecule has 3 aromatic rings. The highest BCUT2D eigenvalue weighted by atomic mass is 16.7. The maximum Gasteiger partial charge on any atom is 0.272 e. The van der Waals surface area contributed by atoms with Gasteiger partial charge in [0.05, 0.1) is 18.3 Å². The van der Waals surface area contributed by atoms with E-state index >= 15 is 0 Å². The molecule has 4 rings (SSSR count). The van der Waals surface area contributed by atoms with Crippen molar-refractivity contribution in [2.45, 2.75) is 26.4 Å². The molecule has 144 valence electrons. The average Bonchev–Trinajstić information content (AvgIpc) is 3.32. The predicted octanol–water partition coefficient (Wildman–Crippen LogP) is 3.86. The van der Waals surface area contributed by atoms with Gasteiger partial charge >= 0.3 is 0 Å². The molecule has 2 heterocycles. The van der Waals surface area contributed by atoms with Gasteiger partial charge in [-0.25, -0.2) is 0 Å². The second kappa shape index (κ2) is 7.38. The molecule has 0 fully saturated rings. The molecule has 0 aliphatic carbocycles. The Bertz CT molecular complexity index is 998. The molecule has 1 aliphatic heterocycles. The van der Waals surface area contributed by atoms with Crippen LogP contribution in [0.5, 0.6) is 11.5 Å². The third kappa shape index (κ3) is 3.33. The van der Waals surface area contributed by atoms with E-state index in [0.29, 0.717) is 23.7 Å². The van der Waals surface area contributed by atoms with Gasteiger partial charge in [0.25, 0.3) is 5.91 Å². The van der Waals surface area contributed by atoms with Gasteiger partial charge in [0.15, 0.2) is 11.5 Å². The van der Waals surface area contributed by atoms with Crippen molar-refractivity contribution in [3.63, 3.8) is 0 Å². The van der Waals surface area contributed by atoms with Crippen molar-refractivity contribution in [2.75, 3.05) is 6.79 Å². The minimum absolute atomic E-state index is 0.0732. The fourth-order valence-electron chi connectivity index (χ4n) is 3.55. The summed E-state index contributed by atoms with van der Waals surface area (Å²) in [5.41, 5.74) is 3.37. The molecule has 2 aromatic carbocycles. The van der Waals surface area contributed by atoms with Crippen LogP contribution in [0, 0.1) is 6.92 Å². The standard InChI is InChI=1S/C22H23N3O3/c1-15-12-19(24(3)23-15)22(26)25(16(2)17-8-5-4-6-9-17)13-18-10-7-11-20-21(18)28-14-27-20/h4-12,16H,13-14H2,1-3H3/t16-/m1/s1. The normalized spacial score (nSPS) is 13.4. The first kappa shape index (κ1) is 18.1. The Morgan fingerprint density at radius 3 is 2.68 bits per heavy atom. The quantitative estimate of drug-likeness (QED) is 0.677. The number of aryl methyl sites for hydroxylation is 2. The SMILES string of the molecule is Cc1cc(C(=O)N(Cc2cccc3c2OCO3)[C@H](C)c2ccccc2)n(C)n1. The molecule has 0 spiro atoms. The number of carbonyl (C=O) groups excluding carboxylic acids is 1. The van der Waals surface area contributed by atoms with Crippen LogP contribution < -0.4 is 9.47 Å². The van der Waals surface area contributed by atoms with E-state index in [1.54, 1.807) is 11.7 Å². The van der Waals surface area contributed by atoms with Gasteiger partial charge in [-0.1, -0.05) is 42.5 Å². The van der Waals surface area contributed by atoms with Gasteiger partial charge in [-0.15, -0.1) is 0 Å². The van der Waals surface area contributed by atoms with Crippen LogP contribution in [0.25, 0.3) is 0 Å². The molecule has 6 heteroatoms. The predicted molar refractivity (Wildman–Crippen MR) is 105 cm³/mol. The Balaban J connectivity index is 1.72. The number of hydrogen-bond acceptors (Lipinski definition) is 4. The molecule has 0 radical (unpaired) electrons. The number of nitrogens with zero attached hydrogens (tertiary/aromatic N) is 3. The van der Waals surface area contributed by atoms with Crippen LogP contribution in [0.3, 0.4) is 0 Å². The number of rotatable bonds is 5. The number of aromatic nitrogens is 2. The van der Waals surface area contributed by atoms with Crippen molar-refractivity contribution in [2.24, 2.45) is 7.05 Å². The minimum atomic E-state index is -0.123. The smallest absolute Gasteiger partial charge is 0.272 e. The van der Waals surface area contributed by atoms with E-state index < -0.39 is 0 Å². The first-order chi connectivity index (χ1) is 13.5. The topological polar surface area (TPSA) is 56.6 Å². The molecule has 0 N–H and O–H groups in total. The van der Waals surface area contributed by atoms with Crippen LogP contribution >= 0.6 is 0 Å². The zero-order valence-electron chi connectivity index (χ0n) is 16.3. The maximum atomic E-state index is 13.5. The van der Waals surface area contributed by atoms with Crippen molar-refractivity contribution in [1.82, 2.24) is 14.7 Å². The lowest BCUT2D eigenvalue weighted by molar-refractivity contribution is 0.0661. The summed E-state index contributed by atoms with van der Waals surface area (Å²) in [4.78, 5) is 15.3. The van der Waals surface area contributed by atoms with Gasteiger partial charge < -0.3 is 14.4 Å². The Labute approximate surface area is 164 Å². The van der Waals surface area contributed by atoms with E-state index in [0.717, 1.165) is 16.8 Å². The summed E-state index contributed by atoms with van der Waals surface area (Å²) in [6.45, 7) is 4.54. The van der Waals surface area contributed by atoms with Gasteiger partial charge in [0, 0.05) is 12.6 Å². The highest BCUT2D eigenvalue weighted by Gasteiger charge is 2.28. The summed E-state index contributed by atoms with van der Waals surface area (Å²) in [6.07, 6.45) is 0. The van der Waals surface area contributed by atoms with Crippen LogP contribution in [0.15, 0.2) is 54.6 Å². The third-order valence-corrected chi connectivity index (χ3v) is 5.05. The molecule has 0 bridgehead atoms. The largest absolute Gasteiger partial charge is 0.454 e. The van der Waals surface area contributed by atoms with Gasteiger partial charge in [0.2, 0.25) is 6.79 Å². The summed E-state index contributed by atoms with van der Waals surface area (Å²) in [6, 6.07) is 17.5. The zero-order chi connectivity index (χ0) is 19.7. The highest BCUT2D eigenvalue weighted by molar-refractivity contribution is 5.93. The van der Waals surface area contributed by atoms with Crippen LogP contribution in [0.4, 0.5) is 0 Å². The molecule has 1 amide bonds. The molecule has 6 nitrogen and oxygen atoms in total. The Morgan fingerprint density at radius 1 is 1.18 bits per heavy atom. The van der Waals surface area contributed by atoms with Crippen molar-refractivity contribution in [1.29, 1.82) is 0 Å². The van der Waals surface area contributed by atoms with Crippen LogP contribution in [0.1, 0.15) is 40.3 Å². The van der Waals surface area contributed by atoms with Gasteiger partial charge in [-0.3, -0.25) is 9.48 Å². The molecule has 0 saturated carbocycles. The number of fused-ring (bicyclic) bond motifs is 1. The summed E-state index contributed by atoms with van der Waals surface area (Å²) in [5.74, 6) is 1.35. The molecule has 0 unspecified atom stereocenters. The lowest BCUT2D eigenvalue weighted by atomic mass is 10.0. The molecule has 28 heavy (non-hydrogen) atoms. The van der Waals surface area contributed by atoms with Crippen LogP contribution in [0.2, 0.25) is 0 Å². The Kier molecular flexibility index (Phi) is 4.77. The van der Waals surface area contributed by atoms with Crippen LogP contribution in [-0.4, -0.2) is 27.4 Å². The first-order valence-electron chi connectivity index (χ1n) is 9.28. The van der Waals surface area contributed by atoms with Crippen molar-refractivity contribution >= 4 is 5.91 Å². The van der Waals surface area contributed by atoms with Crippen molar-refractivity contribution < 1.29 is 14.3 Å². The summed E-state index contributed by atoms with van der Waals surface area (Å²) >= 11 is 0. The van der Waals surface area contributed by atoms with E-state index in [4.69, 9.17) is 9.47 Å². The number of carbonyl (C=O) groups is 1. The highest BCUT2D eigenvalue weighted by Crippen LogP contribution is 2.37. The van der Waals surface area contributed by atoms with E-state index in [-0.39, 0.29) is 18.7 Å². The van der Waals surface area contributed by atoms with Gasteiger partial charge in [-0.2, -0.15) is 5.10 Å². The molecular weight excluding hydrogens is 354 g/mol. The van der Waals surface area contributed by atoms with Gasteiger partial charge in [0.1, 0.15) is 5.69 Å². The lowest BCUT2D eigenvalue weighted by Crippen LogP contribution is -2.34. The summed E-state index contributed by atoms with van der Waals surface area (Å²) < 4.78 is 12.8.